The molecule has 0 unspecified atom stereocenters. The van der Waals surface area contributed by atoms with Gasteiger partial charge in [-0.05, 0) is 32.1 Å². The predicted octanol–water partition coefficient (Wildman–Crippen LogP) is 3.13. The normalized spacial score (nSPS) is 10.6. The van der Waals surface area contributed by atoms with Gasteiger partial charge in [0.1, 0.15) is 0 Å². The molecule has 0 saturated carbocycles. The van der Waals surface area contributed by atoms with Gasteiger partial charge in [-0.25, -0.2) is 0 Å². The SMILES string of the molecule is CNCCCOc1cc2[nH]c3ccncc3c2cc1OC.Cl. The summed E-state index contributed by atoms with van der Waals surface area (Å²) in [5.74, 6) is 1.51. The lowest BCUT2D eigenvalue weighted by Gasteiger charge is -2.11. The molecule has 0 atom stereocenters. The van der Waals surface area contributed by atoms with Crippen LogP contribution in [0.4, 0.5) is 0 Å². The van der Waals surface area contributed by atoms with Crippen LogP contribution < -0.4 is 14.8 Å². The van der Waals surface area contributed by atoms with Crippen molar-refractivity contribution in [2.45, 2.75) is 6.42 Å². The minimum atomic E-state index is 0. The molecule has 0 radical (unpaired) electrons. The third-order valence-corrected chi connectivity index (χ3v) is 3.51. The number of hydrogen-bond donors (Lipinski definition) is 2. The summed E-state index contributed by atoms with van der Waals surface area (Å²) >= 11 is 0. The first-order valence-corrected chi connectivity index (χ1v) is 7.04. The van der Waals surface area contributed by atoms with Crippen LogP contribution in [0.15, 0.2) is 30.6 Å². The number of H-pyrrole nitrogens is 1. The summed E-state index contributed by atoms with van der Waals surface area (Å²) in [6.07, 6.45) is 4.60. The Bertz CT molecular complexity index is 758. The highest BCUT2D eigenvalue weighted by molar-refractivity contribution is 6.07. The van der Waals surface area contributed by atoms with Crippen LogP contribution >= 0.6 is 12.4 Å². The van der Waals surface area contributed by atoms with Crippen LogP contribution in [0.25, 0.3) is 21.8 Å². The highest BCUT2D eigenvalue weighted by atomic mass is 35.5. The maximum atomic E-state index is 5.83. The molecular formula is C16H20ClN3O2. The molecule has 3 rings (SSSR count). The smallest absolute Gasteiger partial charge is 0.163 e. The number of aromatic amines is 1. The molecule has 5 nitrogen and oxygen atoms in total. The number of pyridine rings is 1. The van der Waals surface area contributed by atoms with Gasteiger partial charge in [0.25, 0.3) is 0 Å². The molecule has 3 aromatic rings. The Kier molecular flexibility index (Phi) is 5.46. The molecule has 0 aliphatic rings. The Morgan fingerprint density at radius 3 is 2.82 bits per heavy atom. The van der Waals surface area contributed by atoms with E-state index in [1.165, 1.54) is 0 Å². The maximum absolute atomic E-state index is 5.83. The summed E-state index contributed by atoms with van der Waals surface area (Å²) in [5.41, 5.74) is 2.09. The number of methoxy groups -OCH3 is 1. The average Bonchev–Trinajstić information content (AvgIpc) is 2.88. The van der Waals surface area contributed by atoms with Crippen molar-refractivity contribution in [3.63, 3.8) is 0 Å². The Morgan fingerprint density at radius 1 is 1.18 bits per heavy atom. The van der Waals surface area contributed by atoms with Crippen LogP contribution in [-0.4, -0.2) is 37.3 Å². The zero-order chi connectivity index (χ0) is 14.7. The first-order valence-electron chi connectivity index (χ1n) is 7.04. The average molecular weight is 322 g/mol. The van der Waals surface area contributed by atoms with E-state index in [1.54, 1.807) is 13.3 Å². The van der Waals surface area contributed by atoms with E-state index < -0.39 is 0 Å². The predicted molar refractivity (Wildman–Crippen MR) is 91.4 cm³/mol. The van der Waals surface area contributed by atoms with E-state index in [0.29, 0.717) is 6.61 Å². The summed E-state index contributed by atoms with van der Waals surface area (Å²) < 4.78 is 11.3. The summed E-state index contributed by atoms with van der Waals surface area (Å²) in [4.78, 5) is 7.57. The van der Waals surface area contributed by atoms with Gasteiger partial charge in [-0.1, -0.05) is 0 Å². The number of benzene rings is 1. The lowest BCUT2D eigenvalue weighted by molar-refractivity contribution is 0.289. The first kappa shape index (κ1) is 16.4. The number of nitrogens with one attached hydrogen (secondary N) is 2. The number of hydrogen-bond acceptors (Lipinski definition) is 4. The molecule has 0 saturated heterocycles. The minimum Gasteiger partial charge on any atom is -0.493 e. The number of ether oxygens (including phenoxy) is 2. The van der Waals surface area contributed by atoms with Crippen molar-refractivity contribution in [1.82, 2.24) is 15.3 Å². The second-order valence-corrected chi connectivity index (χ2v) is 4.90. The molecule has 0 bridgehead atoms. The zero-order valence-corrected chi connectivity index (χ0v) is 13.5. The second-order valence-electron chi connectivity index (χ2n) is 4.90. The Morgan fingerprint density at radius 2 is 2.05 bits per heavy atom. The number of halogens is 1. The largest absolute Gasteiger partial charge is 0.493 e. The summed E-state index contributed by atoms with van der Waals surface area (Å²) in [6.45, 7) is 1.59. The van der Waals surface area contributed by atoms with Gasteiger partial charge in [0, 0.05) is 34.7 Å². The molecule has 118 valence electrons. The maximum Gasteiger partial charge on any atom is 0.163 e. The molecule has 0 amide bonds. The molecule has 0 aliphatic carbocycles. The van der Waals surface area contributed by atoms with Gasteiger partial charge in [-0.2, -0.15) is 0 Å². The first-order chi connectivity index (χ1) is 10.3. The second kappa shape index (κ2) is 7.33. The third-order valence-electron chi connectivity index (χ3n) is 3.51. The fourth-order valence-corrected chi connectivity index (χ4v) is 2.45. The number of fused-ring (bicyclic) bond motifs is 3. The number of nitrogens with zero attached hydrogens (tertiary/aromatic N) is 1. The monoisotopic (exact) mass is 321 g/mol. The van der Waals surface area contributed by atoms with Gasteiger partial charge < -0.3 is 19.8 Å². The van der Waals surface area contributed by atoms with Crippen LogP contribution in [0.3, 0.4) is 0 Å². The van der Waals surface area contributed by atoms with Crippen molar-refractivity contribution in [2.75, 3.05) is 27.3 Å². The third kappa shape index (κ3) is 3.10. The highest BCUT2D eigenvalue weighted by Crippen LogP contribution is 2.35. The molecule has 0 fully saturated rings. The van der Waals surface area contributed by atoms with E-state index >= 15 is 0 Å². The Labute approximate surface area is 135 Å². The quantitative estimate of drug-likeness (QED) is 0.685. The van der Waals surface area contributed by atoms with E-state index in [9.17, 15) is 0 Å². The molecular weight excluding hydrogens is 302 g/mol. The summed E-state index contributed by atoms with van der Waals surface area (Å²) in [6, 6.07) is 5.96. The molecule has 2 aromatic heterocycles. The number of rotatable bonds is 6. The topological polar surface area (TPSA) is 59.2 Å². The molecule has 0 spiro atoms. The van der Waals surface area contributed by atoms with Gasteiger partial charge in [0.15, 0.2) is 11.5 Å². The van der Waals surface area contributed by atoms with Gasteiger partial charge in [-0.15, -0.1) is 12.4 Å². The fourth-order valence-electron chi connectivity index (χ4n) is 2.45. The van der Waals surface area contributed by atoms with Crippen LogP contribution in [0.2, 0.25) is 0 Å². The number of aromatic nitrogens is 2. The van der Waals surface area contributed by atoms with E-state index in [2.05, 4.69) is 15.3 Å². The van der Waals surface area contributed by atoms with Crippen LogP contribution in [0.1, 0.15) is 6.42 Å². The van der Waals surface area contributed by atoms with Crippen molar-refractivity contribution in [3.05, 3.63) is 30.6 Å². The fraction of sp³-hybridized carbons (Fsp3) is 0.312. The lowest BCUT2D eigenvalue weighted by atomic mass is 10.2. The minimum absolute atomic E-state index is 0. The van der Waals surface area contributed by atoms with Crippen molar-refractivity contribution in [3.8, 4) is 11.5 Å². The van der Waals surface area contributed by atoms with E-state index in [-0.39, 0.29) is 12.4 Å². The van der Waals surface area contributed by atoms with Crippen LogP contribution in [0.5, 0.6) is 11.5 Å². The van der Waals surface area contributed by atoms with Gasteiger partial charge in [0.05, 0.1) is 19.2 Å². The van der Waals surface area contributed by atoms with Crippen LogP contribution in [-0.2, 0) is 0 Å². The zero-order valence-electron chi connectivity index (χ0n) is 12.7. The molecule has 0 aliphatic heterocycles. The van der Waals surface area contributed by atoms with E-state index in [4.69, 9.17) is 9.47 Å². The lowest BCUT2D eigenvalue weighted by Crippen LogP contribution is -2.11. The Hall–Kier alpha value is -1.98. The highest BCUT2D eigenvalue weighted by Gasteiger charge is 2.11. The van der Waals surface area contributed by atoms with Gasteiger partial charge >= 0.3 is 0 Å². The Balaban J connectivity index is 0.00000176. The van der Waals surface area contributed by atoms with Crippen LogP contribution in [0, 0.1) is 0 Å². The molecule has 6 heteroatoms. The molecule has 22 heavy (non-hydrogen) atoms. The van der Waals surface area contributed by atoms with E-state index in [1.807, 2.05) is 31.4 Å². The van der Waals surface area contributed by atoms with E-state index in [0.717, 1.165) is 46.3 Å². The van der Waals surface area contributed by atoms with Crippen molar-refractivity contribution < 1.29 is 9.47 Å². The molecule has 1 aromatic carbocycles. The summed E-state index contributed by atoms with van der Waals surface area (Å²) in [5, 5.41) is 5.29. The van der Waals surface area contributed by atoms with Gasteiger partial charge in [0.2, 0.25) is 0 Å². The van der Waals surface area contributed by atoms with Crippen molar-refractivity contribution in [1.29, 1.82) is 0 Å². The summed E-state index contributed by atoms with van der Waals surface area (Å²) in [7, 11) is 3.60. The van der Waals surface area contributed by atoms with Crippen molar-refractivity contribution in [2.24, 2.45) is 0 Å². The molecule has 2 heterocycles. The molecule has 2 N–H and O–H groups in total. The van der Waals surface area contributed by atoms with Gasteiger partial charge in [-0.3, -0.25) is 4.98 Å². The standard InChI is InChI=1S/C16H19N3O2.ClH/c1-17-5-3-7-21-16-9-14-11(8-15(16)20-2)12-10-18-6-4-13(12)19-14;/h4,6,8-10,17,19H,3,5,7H2,1-2H3;1H. The van der Waals surface area contributed by atoms with Crippen molar-refractivity contribution >= 4 is 34.2 Å².